The van der Waals surface area contributed by atoms with E-state index in [0.29, 0.717) is 24.4 Å². The lowest BCUT2D eigenvalue weighted by Gasteiger charge is -2.20. The van der Waals surface area contributed by atoms with Crippen LogP contribution in [0.4, 0.5) is 0 Å². The number of benzene rings is 2. The summed E-state index contributed by atoms with van der Waals surface area (Å²) in [6, 6.07) is 12.1. The second-order valence-electron chi connectivity index (χ2n) is 9.39. The number of carbonyl (C=O) groups is 2. The zero-order valence-electron chi connectivity index (χ0n) is 21.4. The van der Waals surface area contributed by atoms with Crippen LogP contribution < -0.4 is 14.8 Å². The highest BCUT2D eigenvalue weighted by Gasteiger charge is 2.58. The number of unbranched alkanes of at least 4 members (excludes halogenated alkanes) is 5. The Kier molecular flexibility index (Phi) is 10.6. The topological polar surface area (TPSA) is 114 Å². The maximum atomic E-state index is 12.7. The molecule has 0 amide bonds. The van der Waals surface area contributed by atoms with Crippen molar-refractivity contribution in [1.29, 1.82) is 0 Å². The second-order valence-corrected chi connectivity index (χ2v) is 9.83. The Balaban J connectivity index is 1.53. The number of rotatable bonds is 15. The van der Waals surface area contributed by atoms with Crippen LogP contribution in [0, 0.1) is 0 Å². The molecule has 1 heterocycles. The third kappa shape index (κ3) is 7.84. The fourth-order valence-corrected chi connectivity index (χ4v) is 4.34. The zero-order chi connectivity index (χ0) is 26.8. The number of hydrogen-bond acceptors (Lipinski definition) is 7. The largest absolute Gasteiger partial charge is 0.475 e. The first-order valence-electron chi connectivity index (χ1n) is 12.8. The predicted molar refractivity (Wildman–Crippen MR) is 140 cm³/mol. The number of halogens is 1. The molecule has 0 saturated heterocycles. The monoisotopic (exact) mass is 533 g/mol. The maximum absolute atomic E-state index is 12.7. The molecule has 0 spiro atoms. The average Bonchev–Trinajstić information content (AvgIpc) is 3.27. The Hall–Kier alpha value is -2.81. The summed E-state index contributed by atoms with van der Waals surface area (Å²) in [5.74, 6) is -4.85. The summed E-state index contributed by atoms with van der Waals surface area (Å²) in [4.78, 5) is 24.7. The number of carboxylic acid groups (broad SMARTS) is 1. The van der Waals surface area contributed by atoms with E-state index in [0.717, 1.165) is 36.8 Å². The summed E-state index contributed by atoms with van der Waals surface area (Å²) in [5, 5.41) is 24.0. The number of nitrogens with one attached hydrogen (secondary N) is 1. The highest BCUT2D eigenvalue weighted by atomic mass is 35.5. The molecule has 3 N–H and O–H groups in total. The number of carbonyl (C=O) groups excluding carboxylic acids is 1. The SMILES string of the molecule is CCCCCCCCOC(=O)C1(C(=O)O)Oc2ccc(C[C@@H](C)NC[C@H](O)c3cccc(Cl)c3)cc2O1. The lowest BCUT2D eigenvalue weighted by atomic mass is 10.1. The van der Waals surface area contributed by atoms with E-state index < -0.39 is 23.8 Å². The molecule has 0 bridgehead atoms. The van der Waals surface area contributed by atoms with Crippen LogP contribution in [0.1, 0.15) is 69.6 Å². The number of esters is 1. The number of aliphatic hydroxyl groups excluding tert-OH is 1. The lowest BCUT2D eigenvalue weighted by molar-refractivity contribution is -0.198. The molecule has 0 radical (unpaired) electrons. The summed E-state index contributed by atoms with van der Waals surface area (Å²) in [6.45, 7) is 4.55. The van der Waals surface area contributed by atoms with E-state index >= 15 is 0 Å². The highest BCUT2D eigenvalue weighted by molar-refractivity contribution is 6.30. The molecule has 1 aliphatic rings. The van der Waals surface area contributed by atoms with E-state index in [1.807, 2.05) is 13.0 Å². The Morgan fingerprint density at radius 2 is 1.78 bits per heavy atom. The van der Waals surface area contributed by atoms with Crippen LogP contribution in [0.2, 0.25) is 5.02 Å². The number of aliphatic carboxylic acids is 1. The zero-order valence-corrected chi connectivity index (χ0v) is 22.1. The predicted octanol–water partition coefficient (Wildman–Crippen LogP) is 5.05. The van der Waals surface area contributed by atoms with Crippen LogP contribution in [0.3, 0.4) is 0 Å². The van der Waals surface area contributed by atoms with Crippen LogP contribution in [-0.4, -0.2) is 47.1 Å². The molecule has 0 fully saturated rings. The summed E-state index contributed by atoms with van der Waals surface area (Å²) < 4.78 is 16.2. The van der Waals surface area contributed by atoms with Gasteiger partial charge in [0, 0.05) is 17.6 Å². The second kappa shape index (κ2) is 13.7. The highest BCUT2D eigenvalue weighted by Crippen LogP contribution is 2.41. The van der Waals surface area contributed by atoms with Gasteiger partial charge in [-0.25, -0.2) is 9.59 Å². The van der Waals surface area contributed by atoms with Gasteiger partial charge < -0.3 is 29.7 Å². The van der Waals surface area contributed by atoms with Crippen molar-refractivity contribution in [3.8, 4) is 11.5 Å². The Bertz CT molecular complexity index is 1060. The van der Waals surface area contributed by atoms with E-state index in [-0.39, 0.29) is 24.1 Å². The van der Waals surface area contributed by atoms with Gasteiger partial charge in [-0.2, -0.15) is 0 Å². The van der Waals surface area contributed by atoms with Crippen molar-refractivity contribution in [3.63, 3.8) is 0 Å². The number of ether oxygens (including phenoxy) is 3. The molecule has 1 aliphatic heterocycles. The molecule has 2 aromatic carbocycles. The molecule has 9 heteroatoms. The molecule has 8 nitrogen and oxygen atoms in total. The molecule has 3 atom stereocenters. The fraction of sp³-hybridized carbons (Fsp3) is 0.500. The van der Waals surface area contributed by atoms with Gasteiger partial charge in [-0.15, -0.1) is 0 Å². The smallest absolute Gasteiger partial charge is 0.453 e. The van der Waals surface area contributed by atoms with Gasteiger partial charge >= 0.3 is 17.7 Å². The third-order valence-corrected chi connectivity index (χ3v) is 6.47. The summed E-state index contributed by atoms with van der Waals surface area (Å²) >= 11 is 6.00. The standard InChI is InChI=1S/C28H36ClNO7/c1-3-4-5-6-7-8-14-35-27(34)28(26(32)33)36-24-13-12-20(16-25(24)37-28)15-19(2)30-18-23(31)21-10-9-11-22(29)17-21/h9-13,16-17,19,23,30-31H,3-8,14-15,18H2,1-2H3,(H,32,33)/t19-,23+,28?/m1/s1. The minimum Gasteiger partial charge on any atom is -0.475 e. The molecule has 3 rings (SSSR count). The Labute approximate surface area is 222 Å². The summed E-state index contributed by atoms with van der Waals surface area (Å²) in [7, 11) is 0. The van der Waals surface area contributed by atoms with Gasteiger partial charge in [0.05, 0.1) is 12.7 Å². The molecule has 37 heavy (non-hydrogen) atoms. The summed E-state index contributed by atoms with van der Waals surface area (Å²) in [6.07, 6.45) is 5.91. The van der Waals surface area contributed by atoms with Gasteiger partial charge in [-0.1, -0.05) is 68.8 Å². The fourth-order valence-electron chi connectivity index (χ4n) is 4.14. The minimum atomic E-state index is -2.55. The lowest BCUT2D eigenvalue weighted by Crippen LogP contribution is -2.55. The van der Waals surface area contributed by atoms with E-state index in [4.69, 9.17) is 25.8 Å². The molecular weight excluding hydrogens is 498 g/mol. The van der Waals surface area contributed by atoms with Crippen molar-refractivity contribution >= 4 is 23.5 Å². The molecule has 0 saturated carbocycles. The van der Waals surface area contributed by atoms with Crippen LogP contribution in [0.25, 0.3) is 0 Å². The minimum absolute atomic E-state index is 0.0132. The van der Waals surface area contributed by atoms with Crippen LogP contribution in [0.5, 0.6) is 11.5 Å². The number of fused-ring (bicyclic) bond motifs is 1. The van der Waals surface area contributed by atoms with Crippen LogP contribution in [-0.2, 0) is 20.7 Å². The van der Waals surface area contributed by atoms with Crippen molar-refractivity contribution in [2.75, 3.05) is 13.2 Å². The summed E-state index contributed by atoms with van der Waals surface area (Å²) in [5.41, 5.74) is 1.57. The Morgan fingerprint density at radius 3 is 2.51 bits per heavy atom. The van der Waals surface area contributed by atoms with Crippen LogP contribution >= 0.6 is 11.6 Å². The van der Waals surface area contributed by atoms with Crippen molar-refractivity contribution < 1.29 is 34.0 Å². The van der Waals surface area contributed by atoms with E-state index in [9.17, 15) is 19.8 Å². The normalized spacial score (nSPS) is 17.8. The Morgan fingerprint density at radius 1 is 1.05 bits per heavy atom. The third-order valence-electron chi connectivity index (χ3n) is 6.23. The number of carboxylic acids is 1. The number of hydrogen-bond donors (Lipinski definition) is 3. The molecule has 1 unspecified atom stereocenters. The van der Waals surface area contributed by atoms with Gasteiger partial charge in [-0.05, 0) is 55.2 Å². The van der Waals surface area contributed by atoms with Gasteiger partial charge in [0.2, 0.25) is 0 Å². The van der Waals surface area contributed by atoms with Gasteiger partial charge in [0.15, 0.2) is 11.5 Å². The molecule has 2 aromatic rings. The van der Waals surface area contributed by atoms with Crippen molar-refractivity contribution in [2.45, 2.75) is 76.7 Å². The molecule has 0 aliphatic carbocycles. The first-order valence-corrected chi connectivity index (χ1v) is 13.2. The van der Waals surface area contributed by atoms with E-state index in [1.165, 1.54) is 6.42 Å². The van der Waals surface area contributed by atoms with Gasteiger partial charge in [0.1, 0.15) is 0 Å². The van der Waals surface area contributed by atoms with Gasteiger partial charge in [-0.3, -0.25) is 0 Å². The van der Waals surface area contributed by atoms with Crippen LogP contribution in [0.15, 0.2) is 42.5 Å². The van der Waals surface area contributed by atoms with Crippen molar-refractivity contribution in [3.05, 3.63) is 58.6 Å². The first-order chi connectivity index (χ1) is 17.7. The number of aliphatic hydroxyl groups is 1. The van der Waals surface area contributed by atoms with Gasteiger partial charge in [0.25, 0.3) is 0 Å². The maximum Gasteiger partial charge on any atom is 0.453 e. The average molecular weight is 534 g/mol. The van der Waals surface area contributed by atoms with E-state index in [1.54, 1.807) is 36.4 Å². The molecule has 202 valence electrons. The van der Waals surface area contributed by atoms with Crippen molar-refractivity contribution in [1.82, 2.24) is 5.32 Å². The quantitative estimate of drug-likeness (QED) is 0.165. The molecule has 0 aromatic heterocycles. The van der Waals surface area contributed by atoms with Crippen molar-refractivity contribution in [2.24, 2.45) is 0 Å². The van der Waals surface area contributed by atoms with E-state index in [2.05, 4.69) is 12.2 Å². The first kappa shape index (κ1) is 28.8. The molecular formula is C28H36ClNO7.